The van der Waals surface area contributed by atoms with Crippen molar-refractivity contribution in [2.45, 2.75) is 11.1 Å². The van der Waals surface area contributed by atoms with E-state index >= 15 is 0 Å². The average molecular weight is 145 g/mol. The van der Waals surface area contributed by atoms with Crippen molar-refractivity contribution in [1.29, 1.82) is 0 Å². The molecule has 8 heavy (non-hydrogen) atoms. The molecule has 0 aliphatic carbocycles. The highest BCUT2D eigenvalue weighted by atomic mass is 32.2. The van der Waals surface area contributed by atoms with Gasteiger partial charge >= 0.3 is 0 Å². The first-order chi connectivity index (χ1) is 3.83. The highest BCUT2D eigenvalue weighted by molar-refractivity contribution is 8.00. The molecule has 0 bridgehead atoms. The van der Waals surface area contributed by atoms with E-state index in [1.807, 2.05) is 13.1 Å². The Kier molecular flexibility index (Phi) is 1.91. The van der Waals surface area contributed by atoms with Crippen LogP contribution in [0.1, 0.15) is 5.01 Å². The normalized spacial score (nSPS) is 9.75. The van der Waals surface area contributed by atoms with Gasteiger partial charge in [-0.25, -0.2) is 4.98 Å². The predicted molar refractivity (Wildman–Crippen MR) is 38.6 cm³/mol. The summed E-state index contributed by atoms with van der Waals surface area (Å²) in [5.41, 5.74) is 0. The molecule has 0 aromatic carbocycles. The van der Waals surface area contributed by atoms with Gasteiger partial charge in [0, 0.05) is 0 Å². The highest BCUT2D eigenvalue weighted by Gasteiger charge is 1.91. The summed E-state index contributed by atoms with van der Waals surface area (Å²) in [6.07, 6.45) is 3.97. The molecule has 0 aliphatic rings. The van der Waals surface area contributed by atoms with E-state index in [2.05, 4.69) is 11.2 Å². The number of thiazole rings is 1. The van der Waals surface area contributed by atoms with Crippen molar-refractivity contribution >= 4 is 23.1 Å². The van der Waals surface area contributed by atoms with Crippen molar-refractivity contribution in [1.82, 2.24) is 4.98 Å². The number of aryl methyl sites for hydroxylation is 1. The third kappa shape index (κ3) is 1.23. The summed E-state index contributed by atoms with van der Waals surface area (Å²) in [7, 11) is 0. The molecule has 0 fully saturated rings. The fraction of sp³-hybridized carbons (Fsp3) is 0.400. The summed E-state index contributed by atoms with van der Waals surface area (Å²) < 4.78 is 1.29. The van der Waals surface area contributed by atoms with Crippen molar-refractivity contribution in [2.24, 2.45) is 0 Å². The molecule has 1 rings (SSSR count). The van der Waals surface area contributed by atoms with Gasteiger partial charge in [-0.05, 0) is 13.2 Å². The number of aromatic nitrogens is 1. The summed E-state index contributed by atoms with van der Waals surface area (Å²) in [6.45, 7) is 2.02. The summed E-state index contributed by atoms with van der Waals surface area (Å²) >= 11 is 3.49. The Bertz CT molecular complexity index is 171. The van der Waals surface area contributed by atoms with E-state index in [-0.39, 0.29) is 0 Å². The van der Waals surface area contributed by atoms with Gasteiger partial charge < -0.3 is 0 Å². The van der Waals surface area contributed by atoms with Crippen LogP contribution in [0.3, 0.4) is 0 Å². The maximum Gasteiger partial charge on any atom is 0.0905 e. The molecule has 1 nitrogen and oxygen atoms in total. The van der Waals surface area contributed by atoms with Gasteiger partial charge in [-0.15, -0.1) is 23.1 Å². The predicted octanol–water partition coefficient (Wildman–Crippen LogP) is 2.17. The number of nitrogens with zero attached hydrogens (tertiary/aromatic N) is 1. The minimum atomic E-state index is 1.15. The number of hydrogen-bond donors (Lipinski definition) is 0. The van der Waals surface area contributed by atoms with Crippen LogP contribution in [-0.4, -0.2) is 11.2 Å². The Morgan fingerprint density at radius 2 is 2.50 bits per heavy atom. The van der Waals surface area contributed by atoms with Crippen molar-refractivity contribution in [3.8, 4) is 0 Å². The third-order valence-corrected chi connectivity index (χ3v) is 2.77. The lowest BCUT2D eigenvalue weighted by Gasteiger charge is -1.78. The first-order valence-electron chi connectivity index (χ1n) is 2.29. The summed E-state index contributed by atoms with van der Waals surface area (Å²) in [5.74, 6) is 0. The first kappa shape index (κ1) is 6.11. The maximum atomic E-state index is 4.09. The largest absolute Gasteiger partial charge is 0.249 e. The molecule has 3 heteroatoms. The molecule has 0 saturated carbocycles. The monoisotopic (exact) mass is 145 g/mol. The van der Waals surface area contributed by atoms with Gasteiger partial charge in [0.15, 0.2) is 0 Å². The van der Waals surface area contributed by atoms with Crippen LogP contribution < -0.4 is 0 Å². The Hall–Kier alpha value is -0.0200. The molecule has 0 N–H and O–H groups in total. The van der Waals surface area contributed by atoms with Gasteiger partial charge in [0.1, 0.15) is 0 Å². The Morgan fingerprint density at radius 3 is 2.75 bits per heavy atom. The lowest BCUT2D eigenvalue weighted by Crippen LogP contribution is -1.57. The Balaban J connectivity index is 2.84. The van der Waals surface area contributed by atoms with Gasteiger partial charge in [0.25, 0.3) is 0 Å². The van der Waals surface area contributed by atoms with Gasteiger partial charge in [-0.1, -0.05) is 0 Å². The van der Waals surface area contributed by atoms with Crippen molar-refractivity contribution in [3.63, 3.8) is 0 Å². The molecule has 0 spiro atoms. The standard InChI is InChI=1S/C5H7NS2/c1-4-6-3-5(7-2)8-4/h3H,1-2H3. The lowest BCUT2D eigenvalue weighted by molar-refractivity contribution is 1.28. The molecule has 1 aromatic heterocycles. The van der Waals surface area contributed by atoms with E-state index in [1.54, 1.807) is 23.1 Å². The molecule has 0 saturated heterocycles. The van der Waals surface area contributed by atoms with Crippen molar-refractivity contribution in [3.05, 3.63) is 11.2 Å². The quantitative estimate of drug-likeness (QED) is 0.562. The highest BCUT2D eigenvalue weighted by Crippen LogP contribution is 2.21. The van der Waals surface area contributed by atoms with E-state index < -0.39 is 0 Å². The summed E-state index contributed by atoms with van der Waals surface area (Å²) in [5, 5.41) is 1.15. The maximum absolute atomic E-state index is 4.09. The van der Waals surface area contributed by atoms with E-state index in [9.17, 15) is 0 Å². The van der Waals surface area contributed by atoms with Crippen LogP contribution >= 0.6 is 23.1 Å². The van der Waals surface area contributed by atoms with Crippen LogP contribution in [0.25, 0.3) is 0 Å². The number of thioether (sulfide) groups is 1. The van der Waals surface area contributed by atoms with E-state index in [0.717, 1.165) is 5.01 Å². The smallest absolute Gasteiger partial charge is 0.0905 e. The fourth-order valence-electron chi connectivity index (χ4n) is 0.436. The third-order valence-electron chi connectivity index (χ3n) is 0.801. The average Bonchev–Trinajstić information content (AvgIpc) is 2.14. The second-order valence-corrected chi connectivity index (χ2v) is 3.74. The van der Waals surface area contributed by atoms with E-state index in [4.69, 9.17) is 0 Å². The van der Waals surface area contributed by atoms with Crippen LogP contribution in [0, 0.1) is 6.92 Å². The first-order valence-corrected chi connectivity index (χ1v) is 4.33. The van der Waals surface area contributed by atoms with Gasteiger partial charge in [-0.3, -0.25) is 0 Å². The molecule has 1 aromatic rings. The molecule has 0 aliphatic heterocycles. The van der Waals surface area contributed by atoms with Crippen molar-refractivity contribution < 1.29 is 0 Å². The zero-order chi connectivity index (χ0) is 5.98. The number of hydrogen-bond acceptors (Lipinski definition) is 3. The molecule has 0 radical (unpaired) electrons. The lowest BCUT2D eigenvalue weighted by atomic mass is 10.8. The zero-order valence-electron chi connectivity index (χ0n) is 4.84. The summed E-state index contributed by atoms with van der Waals surface area (Å²) in [4.78, 5) is 4.09. The van der Waals surface area contributed by atoms with Crippen molar-refractivity contribution in [2.75, 3.05) is 6.26 Å². The Labute approximate surface area is 57.1 Å². The van der Waals surface area contributed by atoms with Gasteiger partial charge in [0.05, 0.1) is 15.4 Å². The molecule has 44 valence electrons. The topological polar surface area (TPSA) is 12.9 Å². The molecule has 0 atom stereocenters. The Morgan fingerprint density at radius 1 is 1.75 bits per heavy atom. The molecule has 0 unspecified atom stereocenters. The van der Waals surface area contributed by atoms with Crippen LogP contribution in [0.15, 0.2) is 10.4 Å². The molecular weight excluding hydrogens is 138 g/mol. The van der Waals surface area contributed by atoms with Crippen LogP contribution in [-0.2, 0) is 0 Å². The fourth-order valence-corrected chi connectivity index (χ4v) is 1.79. The second-order valence-electron chi connectivity index (χ2n) is 1.40. The SMILES string of the molecule is CSc1cnc(C)s1. The number of rotatable bonds is 1. The van der Waals surface area contributed by atoms with Crippen LogP contribution in [0.2, 0.25) is 0 Å². The van der Waals surface area contributed by atoms with Gasteiger partial charge in [-0.2, -0.15) is 0 Å². The van der Waals surface area contributed by atoms with Crippen LogP contribution in [0.5, 0.6) is 0 Å². The molecule has 1 heterocycles. The minimum absolute atomic E-state index is 1.15. The minimum Gasteiger partial charge on any atom is -0.249 e. The van der Waals surface area contributed by atoms with E-state index in [0.29, 0.717) is 0 Å². The summed E-state index contributed by atoms with van der Waals surface area (Å²) in [6, 6.07) is 0. The van der Waals surface area contributed by atoms with Crippen LogP contribution in [0.4, 0.5) is 0 Å². The second kappa shape index (κ2) is 2.51. The van der Waals surface area contributed by atoms with Gasteiger partial charge in [0.2, 0.25) is 0 Å². The zero-order valence-corrected chi connectivity index (χ0v) is 6.47. The molecule has 0 amide bonds. The molecular formula is C5H7NS2. The van der Waals surface area contributed by atoms with E-state index in [1.165, 1.54) is 4.21 Å².